The summed E-state index contributed by atoms with van der Waals surface area (Å²) < 4.78 is 16.3. The second-order valence-corrected chi connectivity index (χ2v) is 6.64. The summed E-state index contributed by atoms with van der Waals surface area (Å²) in [6, 6.07) is 13.1. The average Bonchev–Trinajstić information content (AvgIpc) is 2.66. The van der Waals surface area contributed by atoms with Crippen molar-refractivity contribution in [3.8, 4) is 17.2 Å². The molecule has 26 heavy (non-hydrogen) atoms. The first-order valence-electron chi connectivity index (χ1n) is 8.57. The molecule has 0 bridgehead atoms. The highest BCUT2D eigenvalue weighted by Crippen LogP contribution is 2.34. The highest BCUT2D eigenvalue weighted by atomic mass is 16.6. The van der Waals surface area contributed by atoms with Crippen molar-refractivity contribution in [3.05, 3.63) is 53.6 Å². The standard InChI is InChI=1S/C20H24N2O4/c1-20(2,15-6-9-17-18(12-15)26-11-10-25-17)22-19(23)21-13-14-4-7-16(24-3)8-5-14/h4-9,12H,10-11,13H2,1-3H3,(H2,21,22,23). The first kappa shape index (κ1) is 17.9. The zero-order chi connectivity index (χ0) is 18.6. The minimum atomic E-state index is -0.556. The van der Waals surface area contributed by atoms with Crippen molar-refractivity contribution >= 4 is 6.03 Å². The summed E-state index contributed by atoms with van der Waals surface area (Å²) in [5.41, 5.74) is 1.39. The Morgan fingerprint density at radius 1 is 1.08 bits per heavy atom. The number of rotatable bonds is 5. The van der Waals surface area contributed by atoms with Crippen molar-refractivity contribution in [1.29, 1.82) is 0 Å². The number of hydrogen-bond acceptors (Lipinski definition) is 4. The van der Waals surface area contributed by atoms with Crippen LogP contribution in [0.1, 0.15) is 25.0 Å². The summed E-state index contributed by atoms with van der Waals surface area (Å²) in [6.07, 6.45) is 0. The van der Waals surface area contributed by atoms with Crippen LogP contribution in [0.2, 0.25) is 0 Å². The van der Waals surface area contributed by atoms with Gasteiger partial charge in [0, 0.05) is 6.54 Å². The number of carbonyl (C=O) groups excluding carboxylic acids is 1. The lowest BCUT2D eigenvalue weighted by atomic mass is 9.94. The minimum Gasteiger partial charge on any atom is -0.497 e. The molecule has 2 aromatic carbocycles. The number of amides is 2. The average molecular weight is 356 g/mol. The lowest BCUT2D eigenvalue weighted by molar-refractivity contribution is 0.171. The molecule has 0 aromatic heterocycles. The zero-order valence-electron chi connectivity index (χ0n) is 15.3. The van der Waals surface area contributed by atoms with Crippen LogP contribution in [-0.2, 0) is 12.1 Å². The van der Waals surface area contributed by atoms with E-state index in [1.807, 2.05) is 56.3 Å². The zero-order valence-corrected chi connectivity index (χ0v) is 15.3. The van der Waals surface area contributed by atoms with Gasteiger partial charge in [0.1, 0.15) is 19.0 Å². The Morgan fingerprint density at radius 3 is 2.46 bits per heavy atom. The monoisotopic (exact) mass is 356 g/mol. The lowest BCUT2D eigenvalue weighted by Crippen LogP contribution is -2.46. The summed E-state index contributed by atoms with van der Waals surface area (Å²) in [7, 11) is 1.63. The van der Waals surface area contributed by atoms with Gasteiger partial charge in [-0.25, -0.2) is 4.79 Å². The van der Waals surface area contributed by atoms with Gasteiger partial charge >= 0.3 is 6.03 Å². The molecule has 0 radical (unpaired) electrons. The van der Waals surface area contributed by atoms with Gasteiger partial charge in [-0.2, -0.15) is 0 Å². The number of urea groups is 1. The van der Waals surface area contributed by atoms with Crippen LogP contribution in [0.15, 0.2) is 42.5 Å². The van der Waals surface area contributed by atoms with E-state index < -0.39 is 5.54 Å². The molecule has 0 unspecified atom stereocenters. The number of nitrogens with one attached hydrogen (secondary N) is 2. The second kappa shape index (κ2) is 7.56. The molecule has 0 saturated heterocycles. The molecule has 2 aromatic rings. The van der Waals surface area contributed by atoms with Crippen LogP contribution >= 0.6 is 0 Å². The summed E-state index contributed by atoms with van der Waals surface area (Å²) in [6.45, 7) is 5.43. The largest absolute Gasteiger partial charge is 0.497 e. The van der Waals surface area contributed by atoms with Crippen LogP contribution in [0.4, 0.5) is 4.79 Å². The fourth-order valence-corrected chi connectivity index (χ4v) is 2.76. The van der Waals surface area contributed by atoms with Gasteiger partial charge in [0.2, 0.25) is 0 Å². The van der Waals surface area contributed by atoms with Crippen molar-refractivity contribution in [2.75, 3.05) is 20.3 Å². The molecule has 1 aliphatic rings. The molecular formula is C20H24N2O4. The smallest absolute Gasteiger partial charge is 0.315 e. The minimum absolute atomic E-state index is 0.235. The molecule has 138 valence electrons. The number of ether oxygens (including phenoxy) is 3. The molecule has 0 aliphatic carbocycles. The fraction of sp³-hybridized carbons (Fsp3) is 0.350. The number of carbonyl (C=O) groups is 1. The molecule has 6 nitrogen and oxygen atoms in total. The van der Waals surface area contributed by atoms with Crippen molar-refractivity contribution in [2.24, 2.45) is 0 Å². The predicted octanol–water partition coefficient (Wildman–Crippen LogP) is 3.20. The van der Waals surface area contributed by atoms with Crippen LogP contribution in [0.25, 0.3) is 0 Å². The van der Waals surface area contributed by atoms with Crippen LogP contribution in [0.3, 0.4) is 0 Å². The Hall–Kier alpha value is -2.89. The van der Waals surface area contributed by atoms with Crippen LogP contribution < -0.4 is 24.8 Å². The van der Waals surface area contributed by atoms with Gasteiger partial charge in [-0.15, -0.1) is 0 Å². The van der Waals surface area contributed by atoms with E-state index in [1.54, 1.807) is 7.11 Å². The van der Waals surface area contributed by atoms with Crippen molar-refractivity contribution in [2.45, 2.75) is 25.9 Å². The third-order valence-corrected chi connectivity index (χ3v) is 4.30. The van der Waals surface area contributed by atoms with E-state index in [4.69, 9.17) is 14.2 Å². The number of hydrogen-bond donors (Lipinski definition) is 2. The molecule has 1 aliphatic heterocycles. The molecule has 1 heterocycles. The number of methoxy groups -OCH3 is 1. The Balaban J connectivity index is 1.60. The van der Waals surface area contributed by atoms with Gasteiger partial charge < -0.3 is 24.8 Å². The second-order valence-electron chi connectivity index (χ2n) is 6.64. The molecule has 0 spiro atoms. The van der Waals surface area contributed by atoms with Crippen molar-refractivity contribution in [3.63, 3.8) is 0 Å². The van der Waals surface area contributed by atoms with Gasteiger partial charge in [0.25, 0.3) is 0 Å². The van der Waals surface area contributed by atoms with Crippen molar-refractivity contribution < 1.29 is 19.0 Å². The maximum absolute atomic E-state index is 12.3. The van der Waals surface area contributed by atoms with Crippen LogP contribution in [0, 0.1) is 0 Å². The SMILES string of the molecule is COc1ccc(CNC(=O)NC(C)(C)c2ccc3c(c2)OCCO3)cc1. The lowest BCUT2D eigenvalue weighted by Gasteiger charge is -2.28. The third kappa shape index (κ3) is 4.20. The molecule has 0 fully saturated rings. The normalized spacial score (nSPS) is 13.0. The van der Waals surface area contributed by atoms with E-state index in [9.17, 15) is 4.79 Å². The Labute approximate surface area is 153 Å². The highest BCUT2D eigenvalue weighted by molar-refractivity contribution is 5.75. The summed E-state index contributed by atoms with van der Waals surface area (Å²) in [5.74, 6) is 2.24. The Morgan fingerprint density at radius 2 is 1.77 bits per heavy atom. The Kier molecular flexibility index (Phi) is 5.21. The summed E-state index contributed by atoms with van der Waals surface area (Å²) in [4.78, 5) is 12.3. The van der Waals surface area contributed by atoms with Crippen LogP contribution in [-0.4, -0.2) is 26.4 Å². The molecule has 6 heteroatoms. The van der Waals surface area contributed by atoms with E-state index in [0.717, 1.165) is 22.6 Å². The summed E-state index contributed by atoms with van der Waals surface area (Å²) >= 11 is 0. The highest BCUT2D eigenvalue weighted by Gasteiger charge is 2.25. The maximum Gasteiger partial charge on any atom is 0.315 e. The van der Waals surface area contributed by atoms with E-state index in [2.05, 4.69) is 10.6 Å². The Bertz CT molecular complexity index is 772. The van der Waals surface area contributed by atoms with Crippen LogP contribution in [0.5, 0.6) is 17.2 Å². The van der Waals surface area contributed by atoms with Gasteiger partial charge in [0.15, 0.2) is 11.5 Å². The molecule has 0 atom stereocenters. The first-order valence-corrected chi connectivity index (χ1v) is 8.57. The van der Waals surface area contributed by atoms with Gasteiger partial charge in [-0.1, -0.05) is 18.2 Å². The fourth-order valence-electron chi connectivity index (χ4n) is 2.76. The molecule has 0 saturated carbocycles. The van der Waals surface area contributed by atoms with Gasteiger partial charge in [-0.05, 0) is 49.2 Å². The topological polar surface area (TPSA) is 68.8 Å². The predicted molar refractivity (Wildman–Crippen MR) is 98.8 cm³/mol. The summed E-state index contributed by atoms with van der Waals surface area (Å²) in [5, 5.41) is 5.88. The molecule has 3 rings (SSSR count). The molecule has 2 N–H and O–H groups in total. The van der Waals surface area contributed by atoms with E-state index in [0.29, 0.717) is 25.5 Å². The molecular weight excluding hydrogens is 332 g/mol. The van der Waals surface area contributed by atoms with E-state index >= 15 is 0 Å². The maximum atomic E-state index is 12.3. The van der Waals surface area contributed by atoms with E-state index in [1.165, 1.54) is 0 Å². The van der Waals surface area contributed by atoms with Gasteiger partial charge in [0.05, 0.1) is 12.6 Å². The number of benzene rings is 2. The van der Waals surface area contributed by atoms with Gasteiger partial charge in [-0.3, -0.25) is 0 Å². The quantitative estimate of drug-likeness (QED) is 0.863. The van der Waals surface area contributed by atoms with E-state index in [-0.39, 0.29) is 6.03 Å². The molecule has 2 amide bonds. The van der Waals surface area contributed by atoms with Crippen molar-refractivity contribution in [1.82, 2.24) is 10.6 Å². The third-order valence-electron chi connectivity index (χ3n) is 4.30. The first-order chi connectivity index (χ1) is 12.5. The number of fused-ring (bicyclic) bond motifs is 1.